The molecule has 2 rings (SSSR count). The van der Waals surface area contributed by atoms with Gasteiger partial charge in [-0.2, -0.15) is 0 Å². The summed E-state index contributed by atoms with van der Waals surface area (Å²) in [5.41, 5.74) is 1.37. The number of hydrogen-bond acceptors (Lipinski definition) is 4. The Bertz CT molecular complexity index is 450. The number of nitrogens with zero attached hydrogens (tertiary/aromatic N) is 1. The first-order chi connectivity index (χ1) is 9.15. The number of hydrogen-bond donors (Lipinski definition) is 1. The van der Waals surface area contributed by atoms with Crippen molar-refractivity contribution in [3.63, 3.8) is 0 Å². The van der Waals surface area contributed by atoms with Crippen LogP contribution in [-0.4, -0.2) is 49.4 Å². The number of ether oxygens (including phenoxy) is 1. The largest absolute Gasteiger partial charge is 0.379 e. The Labute approximate surface area is 112 Å². The number of benzene rings is 1. The molecule has 0 unspecified atom stereocenters. The van der Waals surface area contributed by atoms with Crippen molar-refractivity contribution in [3.05, 3.63) is 29.8 Å². The van der Waals surface area contributed by atoms with Crippen LogP contribution >= 0.6 is 0 Å². The minimum absolute atomic E-state index is 0.0938. The van der Waals surface area contributed by atoms with Gasteiger partial charge in [0.15, 0.2) is 5.78 Å². The molecule has 5 heteroatoms. The molecule has 1 N–H and O–H groups in total. The first kappa shape index (κ1) is 13.7. The van der Waals surface area contributed by atoms with E-state index in [1.165, 1.54) is 6.92 Å². The highest BCUT2D eigenvalue weighted by Gasteiger charge is 2.15. The van der Waals surface area contributed by atoms with Gasteiger partial charge >= 0.3 is 0 Å². The minimum Gasteiger partial charge on any atom is -0.379 e. The number of carbonyl (C=O) groups is 2. The molecule has 1 aromatic rings. The molecular formula is C14H18N2O3. The minimum atomic E-state index is -0.118. The number of amides is 1. The van der Waals surface area contributed by atoms with Crippen LogP contribution in [0, 0.1) is 0 Å². The second-order valence-electron chi connectivity index (χ2n) is 4.57. The smallest absolute Gasteiger partial charge is 0.221 e. The maximum Gasteiger partial charge on any atom is 0.221 e. The molecule has 0 aromatic heterocycles. The van der Waals surface area contributed by atoms with Crippen LogP contribution in [0.4, 0.5) is 5.69 Å². The lowest BCUT2D eigenvalue weighted by Gasteiger charge is -2.25. The number of rotatable bonds is 4. The summed E-state index contributed by atoms with van der Waals surface area (Å²) in [4.78, 5) is 25.1. The van der Waals surface area contributed by atoms with Crippen molar-refractivity contribution in [2.45, 2.75) is 6.92 Å². The Hall–Kier alpha value is -1.72. The van der Waals surface area contributed by atoms with Crippen LogP contribution < -0.4 is 5.32 Å². The summed E-state index contributed by atoms with van der Waals surface area (Å²) in [5, 5.41) is 2.68. The standard InChI is InChI=1S/C14H18N2O3/c1-11(17)15-13-4-2-12(3-5-13)14(18)10-16-6-8-19-9-7-16/h2-5H,6-10H2,1H3,(H,15,17). The van der Waals surface area contributed by atoms with Crippen LogP contribution in [0.2, 0.25) is 0 Å². The summed E-state index contributed by atoms with van der Waals surface area (Å²) in [6.07, 6.45) is 0. The SMILES string of the molecule is CC(=O)Nc1ccc(C(=O)CN2CCOCC2)cc1. The molecule has 0 spiro atoms. The fourth-order valence-electron chi connectivity index (χ4n) is 2.00. The molecule has 0 atom stereocenters. The predicted molar refractivity (Wildman–Crippen MR) is 72.3 cm³/mol. The Kier molecular flexibility index (Phi) is 4.65. The van der Waals surface area contributed by atoms with Crippen LogP contribution in [-0.2, 0) is 9.53 Å². The third-order valence-electron chi connectivity index (χ3n) is 3.00. The van der Waals surface area contributed by atoms with Crippen molar-refractivity contribution >= 4 is 17.4 Å². The van der Waals surface area contributed by atoms with Gasteiger partial charge in [0.1, 0.15) is 0 Å². The summed E-state index contributed by atoms with van der Waals surface area (Å²) in [5.74, 6) is -0.0244. The van der Waals surface area contributed by atoms with Crippen molar-refractivity contribution in [2.75, 3.05) is 38.2 Å². The van der Waals surface area contributed by atoms with Gasteiger partial charge in [-0.3, -0.25) is 14.5 Å². The van der Waals surface area contributed by atoms with Crippen molar-refractivity contribution in [2.24, 2.45) is 0 Å². The van der Waals surface area contributed by atoms with E-state index in [0.717, 1.165) is 13.1 Å². The topological polar surface area (TPSA) is 58.6 Å². The van der Waals surface area contributed by atoms with E-state index in [1.807, 2.05) is 0 Å². The zero-order valence-electron chi connectivity index (χ0n) is 11.0. The van der Waals surface area contributed by atoms with Gasteiger partial charge < -0.3 is 10.1 Å². The maximum absolute atomic E-state index is 12.1. The molecule has 5 nitrogen and oxygen atoms in total. The molecule has 1 fully saturated rings. The van der Waals surface area contributed by atoms with E-state index < -0.39 is 0 Å². The first-order valence-electron chi connectivity index (χ1n) is 6.36. The maximum atomic E-state index is 12.1. The molecule has 0 radical (unpaired) electrons. The fourth-order valence-corrected chi connectivity index (χ4v) is 2.00. The van der Waals surface area contributed by atoms with E-state index in [-0.39, 0.29) is 11.7 Å². The van der Waals surface area contributed by atoms with Crippen LogP contribution in [0.15, 0.2) is 24.3 Å². The second kappa shape index (κ2) is 6.45. The average molecular weight is 262 g/mol. The van der Waals surface area contributed by atoms with Crippen LogP contribution in [0.5, 0.6) is 0 Å². The van der Waals surface area contributed by atoms with Gasteiger partial charge in [0, 0.05) is 31.3 Å². The zero-order chi connectivity index (χ0) is 13.7. The van der Waals surface area contributed by atoms with Gasteiger partial charge in [-0.25, -0.2) is 0 Å². The van der Waals surface area contributed by atoms with Gasteiger partial charge in [0.05, 0.1) is 19.8 Å². The zero-order valence-corrected chi connectivity index (χ0v) is 11.0. The van der Waals surface area contributed by atoms with Crippen molar-refractivity contribution < 1.29 is 14.3 Å². The quantitative estimate of drug-likeness (QED) is 0.827. The molecule has 1 aliphatic rings. The molecule has 1 heterocycles. The van der Waals surface area contributed by atoms with Gasteiger partial charge in [-0.1, -0.05) is 0 Å². The monoisotopic (exact) mass is 262 g/mol. The Morgan fingerprint density at radius 2 is 1.84 bits per heavy atom. The van der Waals surface area contributed by atoms with Crippen LogP contribution in [0.1, 0.15) is 17.3 Å². The predicted octanol–water partition coefficient (Wildman–Crippen LogP) is 1.16. The number of anilines is 1. The fraction of sp³-hybridized carbons (Fsp3) is 0.429. The molecule has 1 amide bonds. The number of carbonyl (C=O) groups excluding carboxylic acids is 2. The lowest BCUT2D eigenvalue weighted by molar-refractivity contribution is -0.114. The summed E-state index contributed by atoms with van der Waals surface area (Å²) in [6, 6.07) is 6.98. The van der Waals surface area contributed by atoms with Crippen molar-refractivity contribution in [3.8, 4) is 0 Å². The Morgan fingerprint density at radius 1 is 1.21 bits per heavy atom. The molecule has 102 valence electrons. The highest BCUT2D eigenvalue weighted by molar-refractivity contribution is 5.98. The van der Waals surface area contributed by atoms with Gasteiger partial charge in [-0.05, 0) is 24.3 Å². The first-order valence-corrected chi connectivity index (χ1v) is 6.36. The van der Waals surface area contributed by atoms with Gasteiger partial charge in [0.25, 0.3) is 0 Å². The third-order valence-corrected chi connectivity index (χ3v) is 3.00. The van der Waals surface area contributed by atoms with E-state index in [0.29, 0.717) is 31.0 Å². The number of morpholine rings is 1. The normalized spacial score (nSPS) is 16.1. The third kappa shape index (κ3) is 4.15. The number of nitrogens with one attached hydrogen (secondary N) is 1. The Morgan fingerprint density at radius 3 is 2.42 bits per heavy atom. The molecule has 0 aliphatic carbocycles. The van der Waals surface area contributed by atoms with E-state index in [9.17, 15) is 9.59 Å². The molecule has 1 aromatic carbocycles. The molecule has 0 bridgehead atoms. The van der Waals surface area contributed by atoms with E-state index >= 15 is 0 Å². The average Bonchev–Trinajstić information content (AvgIpc) is 2.40. The molecule has 19 heavy (non-hydrogen) atoms. The van der Waals surface area contributed by atoms with E-state index in [1.54, 1.807) is 24.3 Å². The summed E-state index contributed by atoms with van der Waals surface area (Å²) >= 11 is 0. The molecule has 1 saturated heterocycles. The molecule has 0 saturated carbocycles. The number of Topliss-reactive ketones (excluding diaryl/α,β-unsaturated/α-hetero) is 1. The lowest BCUT2D eigenvalue weighted by Crippen LogP contribution is -2.39. The molecule has 1 aliphatic heterocycles. The van der Waals surface area contributed by atoms with Gasteiger partial charge in [0.2, 0.25) is 5.91 Å². The van der Waals surface area contributed by atoms with Crippen molar-refractivity contribution in [1.29, 1.82) is 0 Å². The van der Waals surface area contributed by atoms with E-state index in [4.69, 9.17) is 4.74 Å². The molecular weight excluding hydrogens is 244 g/mol. The van der Waals surface area contributed by atoms with E-state index in [2.05, 4.69) is 10.2 Å². The van der Waals surface area contributed by atoms with Crippen molar-refractivity contribution in [1.82, 2.24) is 4.90 Å². The van der Waals surface area contributed by atoms with Crippen LogP contribution in [0.25, 0.3) is 0 Å². The second-order valence-corrected chi connectivity index (χ2v) is 4.57. The Balaban J connectivity index is 1.93. The van der Waals surface area contributed by atoms with Crippen LogP contribution in [0.3, 0.4) is 0 Å². The number of ketones is 1. The summed E-state index contributed by atoms with van der Waals surface area (Å²) in [7, 11) is 0. The summed E-state index contributed by atoms with van der Waals surface area (Å²) < 4.78 is 5.25. The van der Waals surface area contributed by atoms with Gasteiger partial charge in [-0.15, -0.1) is 0 Å². The lowest BCUT2D eigenvalue weighted by atomic mass is 10.1. The highest BCUT2D eigenvalue weighted by Crippen LogP contribution is 2.11. The highest BCUT2D eigenvalue weighted by atomic mass is 16.5. The summed E-state index contributed by atoms with van der Waals surface area (Å²) in [6.45, 7) is 4.86.